The van der Waals surface area contributed by atoms with Gasteiger partial charge in [0, 0.05) is 19.6 Å². The second-order valence-electron chi connectivity index (χ2n) is 8.76. The molecule has 0 aromatic heterocycles. The van der Waals surface area contributed by atoms with E-state index in [0.717, 1.165) is 38.6 Å². The summed E-state index contributed by atoms with van der Waals surface area (Å²) < 4.78 is 0. The molecule has 0 bridgehead atoms. The number of piperidine rings is 1. The maximum absolute atomic E-state index is 13.2. The van der Waals surface area contributed by atoms with Crippen molar-refractivity contribution < 1.29 is 14.7 Å². The van der Waals surface area contributed by atoms with Gasteiger partial charge in [0.05, 0.1) is 5.92 Å². The molecule has 1 saturated heterocycles. The number of fused-ring (bicyclic) bond motifs is 2. The number of aliphatic carboxylic acids is 1. The van der Waals surface area contributed by atoms with Crippen molar-refractivity contribution in [3.8, 4) is 0 Å². The zero-order valence-electron chi connectivity index (χ0n) is 15.5. The van der Waals surface area contributed by atoms with Crippen LogP contribution in [0.4, 0.5) is 0 Å². The summed E-state index contributed by atoms with van der Waals surface area (Å²) in [6.07, 6.45) is 5.71. The Hall–Kier alpha value is -2.14. The van der Waals surface area contributed by atoms with Crippen molar-refractivity contribution in [1.29, 1.82) is 0 Å². The van der Waals surface area contributed by atoms with E-state index in [4.69, 9.17) is 0 Å². The summed E-state index contributed by atoms with van der Waals surface area (Å²) in [6.45, 7) is 2.11. The summed E-state index contributed by atoms with van der Waals surface area (Å²) in [5.74, 6) is -1.46. The van der Waals surface area contributed by atoms with E-state index in [0.29, 0.717) is 19.5 Å². The van der Waals surface area contributed by atoms with Gasteiger partial charge in [-0.2, -0.15) is 0 Å². The zero-order valence-corrected chi connectivity index (χ0v) is 15.5. The number of carboxylic acid groups (broad SMARTS) is 1. The molecule has 2 N–H and O–H groups in total. The van der Waals surface area contributed by atoms with E-state index < -0.39 is 17.9 Å². The highest BCUT2D eigenvalue weighted by molar-refractivity contribution is 5.89. The van der Waals surface area contributed by atoms with Gasteiger partial charge < -0.3 is 15.3 Å². The molecule has 2 atom stereocenters. The highest BCUT2D eigenvalue weighted by atomic mass is 16.4. The highest BCUT2D eigenvalue weighted by Crippen LogP contribution is 2.52. The molecule has 142 valence electrons. The lowest BCUT2D eigenvalue weighted by Crippen LogP contribution is -2.58. The zero-order chi connectivity index (χ0) is 18.6. The largest absolute Gasteiger partial charge is 0.481 e. The number of nitrogens with one attached hydrogen (secondary N) is 1. The van der Waals surface area contributed by atoms with Gasteiger partial charge in [-0.3, -0.25) is 9.59 Å². The van der Waals surface area contributed by atoms with Crippen LogP contribution in [0, 0.1) is 11.3 Å². The van der Waals surface area contributed by atoms with Gasteiger partial charge in [-0.25, -0.2) is 0 Å². The molecule has 4 aliphatic rings. The van der Waals surface area contributed by atoms with Crippen LogP contribution in [0.3, 0.4) is 0 Å². The SMILES string of the molecule is O=C(O)C1CC2(CC2)CNC1C(=O)N1CCC2=C(CCc3ccccc32)C1. The third-order valence-electron chi connectivity index (χ3n) is 7.08. The van der Waals surface area contributed by atoms with Crippen LogP contribution in [0.15, 0.2) is 29.8 Å². The van der Waals surface area contributed by atoms with E-state index in [9.17, 15) is 14.7 Å². The number of hydrogen-bond donors (Lipinski definition) is 2. The van der Waals surface area contributed by atoms with Gasteiger partial charge in [0.2, 0.25) is 5.91 Å². The first kappa shape index (κ1) is 17.0. The number of rotatable bonds is 2. The Morgan fingerprint density at radius 2 is 1.96 bits per heavy atom. The molecule has 1 aromatic rings. The third kappa shape index (κ3) is 2.89. The predicted molar refractivity (Wildman–Crippen MR) is 102 cm³/mol. The smallest absolute Gasteiger partial charge is 0.308 e. The van der Waals surface area contributed by atoms with E-state index in [-0.39, 0.29) is 11.3 Å². The molecule has 5 nitrogen and oxygen atoms in total. The van der Waals surface area contributed by atoms with Crippen molar-refractivity contribution in [1.82, 2.24) is 10.2 Å². The molecule has 1 spiro atoms. The number of nitrogens with zero attached hydrogens (tertiary/aromatic N) is 1. The summed E-state index contributed by atoms with van der Waals surface area (Å²) in [7, 11) is 0. The van der Waals surface area contributed by atoms with Gasteiger partial charge in [-0.15, -0.1) is 0 Å². The second-order valence-corrected chi connectivity index (χ2v) is 8.76. The van der Waals surface area contributed by atoms with Crippen molar-refractivity contribution in [3.05, 3.63) is 41.0 Å². The number of amides is 1. The van der Waals surface area contributed by atoms with Crippen LogP contribution < -0.4 is 5.32 Å². The summed E-state index contributed by atoms with van der Waals surface area (Å²) >= 11 is 0. The Labute approximate surface area is 159 Å². The molecule has 27 heavy (non-hydrogen) atoms. The van der Waals surface area contributed by atoms with E-state index in [2.05, 4.69) is 29.6 Å². The van der Waals surface area contributed by atoms with Crippen molar-refractivity contribution in [2.75, 3.05) is 19.6 Å². The standard InChI is InChI=1S/C22H26N2O3/c25-20(19-18(21(26)27)11-22(8-9-22)13-23-19)24-10-7-17-15(12-24)6-5-14-3-1-2-4-16(14)17/h1-4,18-19,23H,5-13H2,(H,26,27). The van der Waals surface area contributed by atoms with Crippen LogP contribution in [0.5, 0.6) is 0 Å². The van der Waals surface area contributed by atoms with Crippen LogP contribution in [-0.2, 0) is 16.0 Å². The summed E-state index contributed by atoms with van der Waals surface area (Å²) in [4.78, 5) is 26.9. The number of aryl methyl sites for hydroxylation is 1. The van der Waals surface area contributed by atoms with Crippen molar-refractivity contribution in [3.63, 3.8) is 0 Å². The molecule has 2 aliphatic carbocycles. The molecule has 1 aromatic carbocycles. The monoisotopic (exact) mass is 366 g/mol. The van der Waals surface area contributed by atoms with Crippen LogP contribution >= 0.6 is 0 Å². The molecule has 2 fully saturated rings. The molecule has 2 aliphatic heterocycles. The molecular formula is C22H26N2O3. The van der Waals surface area contributed by atoms with Crippen LogP contribution in [0.25, 0.3) is 5.57 Å². The first-order valence-corrected chi connectivity index (χ1v) is 10.1. The third-order valence-corrected chi connectivity index (χ3v) is 7.08. The van der Waals surface area contributed by atoms with Gasteiger partial charge >= 0.3 is 5.97 Å². The van der Waals surface area contributed by atoms with E-state index in [1.165, 1.54) is 22.3 Å². The average Bonchev–Trinajstić information content (AvgIpc) is 3.45. The lowest BCUT2D eigenvalue weighted by molar-refractivity contribution is -0.150. The van der Waals surface area contributed by atoms with Gasteiger partial charge in [-0.1, -0.05) is 24.3 Å². The molecule has 2 heterocycles. The van der Waals surface area contributed by atoms with Crippen LogP contribution in [-0.4, -0.2) is 47.6 Å². The molecule has 0 radical (unpaired) electrons. The van der Waals surface area contributed by atoms with E-state index in [1.54, 1.807) is 0 Å². The molecule has 2 unspecified atom stereocenters. The number of hydrogen-bond acceptors (Lipinski definition) is 3. The minimum Gasteiger partial charge on any atom is -0.481 e. The predicted octanol–water partition coefficient (Wildman–Crippen LogP) is 2.46. The molecule has 1 amide bonds. The van der Waals surface area contributed by atoms with Gasteiger partial charge in [0.15, 0.2) is 0 Å². The number of carboxylic acids is 1. The minimum absolute atomic E-state index is 0.0247. The number of carbonyl (C=O) groups is 2. The fourth-order valence-corrected chi connectivity index (χ4v) is 5.26. The summed E-state index contributed by atoms with van der Waals surface area (Å²) in [5, 5.41) is 13.0. The maximum Gasteiger partial charge on any atom is 0.308 e. The number of benzene rings is 1. The quantitative estimate of drug-likeness (QED) is 0.844. The first-order chi connectivity index (χ1) is 13.1. The molecular weight excluding hydrogens is 340 g/mol. The normalized spacial score (nSPS) is 28.5. The summed E-state index contributed by atoms with van der Waals surface area (Å²) in [5.41, 5.74) is 5.66. The Balaban J connectivity index is 1.35. The first-order valence-electron chi connectivity index (χ1n) is 10.1. The van der Waals surface area contributed by atoms with Crippen molar-refractivity contribution in [2.45, 2.75) is 44.6 Å². The number of carbonyl (C=O) groups excluding carboxylic acids is 1. The minimum atomic E-state index is -0.838. The fraction of sp³-hybridized carbons (Fsp3) is 0.545. The lowest BCUT2D eigenvalue weighted by atomic mass is 9.80. The highest BCUT2D eigenvalue weighted by Gasteiger charge is 2.53. The van der Waals surface area contributed by atoms with Crippen molar-refractivity contribution in [2.24, 2.45) is 11.3 Å². The summed E-state index contributed by atoms with van der Waals surface area (Å²) in [6, 6.07) is 8.00. The maximum atomic E-state index is 13.2. The second kappa shape index (κ2) is 6.20. The fourth-order valence-electron chi connectivity index (χ4n) is 5.26. The molecule has 1 saturated carbocycles. The van der Waals surface area contributed by atoms with Crippen LogP contribution in [0.1, 0.15) is 43.2 Å². The Bertz CT molecular complexity index is 840. The average molecular weight is 366 g/mol. The van der Waals surface area contributed by atoms with Gasteiger partial charge in [0.25, 0.3) is 0 Å². The molecule has 5 rings (SSSR count). The van der Waals surface area contributed by atoms with E-state index >= 15 is 0 Å². The molecule has 5 heteroatoms. The Morgan fingerprint density at radius 1 is 1.15 bits per heavy atom. The Kier molecular flexibility index (Phi) is 3.90. The topological polar surface area (TPSA) is 69.6 Å². The van der Waals surface area contributed by atoms with Gasteiger partial charge in [0.1, 0.15) is 6.04 Å². The van der Waals surface area contributed by atoms with E-state index in [1.807, 2.05) is 4.90 Å². The Morgan fingerprint density at radius 3 is 2.74 bits per heavy atom. The van der Waals surface area contributed by atoms with Gasteiger partial charge in [-0.05, 0) is 66.2 Å². The lowest BCUT2D eigenvalue weighted by Gasteiger charge is -2.40. The van der Waals surface area contributed by atoms with Crippen LogP contribution in [0.2, 0.25) is 0 Å². The van der Waals surface area contributed by atoms with Crippen molar-refractivity contribution >= 4 is 17.4 Å².